The summed E-state index contributed by atoms with van der Waals surface area (Å²) < 4.78 is 5.57. The molecule has 0 aliphatic rings. The quantitative estimate of drug-likeness (QED) is 0.437. The van der Waals surface area contributed by atoms with Crippen LogP contribution in [0, 0.1) is 0 Å². The minimum atomic E-state index is -1.03. The Hall–Kier alpha value is -2.57. The number of hydrogen-bond acceptors (Lipinski definition) is 4. The number of aliphatic carboxylic acids is 1. The Morgan fingerprint density at radius 1 is 0.846 bits per heavy atom. The Kier molecular flexibility index (Phi) is 10.5. The molecule has 0 fully saturated rings. The molecule has 0 bridgehead atoms. The van der Waals surface area contributed by atoms with Crippen molar-refractivity contribution in [2.45, 2.75) is 51.4 Å². The molecule has 144 valence electrons. The van der Waals surface area contributed by atoms with Gasteiger partial charge in [0.15, 0.2) is 0 Å². The summed E-state index contributed by atoms with van der Waals surface area (Å²) in [5, 5.41) is 19.6. The number of benzene rings is 1. The van der Waals surface area contributed by atoms with Crippen LogP contribution in [0.15, 0.2) is 24.3 Å². The van der Waals surface area contributed by atoms with Crippen LogP contribution in [0.4, 0.5) is 0 Å². The monoisotopic (exact) mass is 365 g/mol. The van der Waals surface area contributed by atoms with Crippen molar-refractivity contribution in [3.8, 4) is 5.75 Å². The second-order valence-corrected chi connectivity index (χ2v) is 6.07. The van der Waals surface area contributed by atoms with Gasteiger partial charge in [0.2, 0.25) is 5.91 Å². The van der Waals surface area contributed by atoms with Gasteiger partial charge in [0.05, 0.1) is 12.2 Å². The summed E-state index contributed by atoms with van der Waals surface area (Å²) in [6.45, 7) is 0.292. The number of carboxylic acids is 2. The fourth-order valence-corrected chi connectivity index (χ4v) is 2.42. The molecule has 26 heavy (non-hydrogen) atoms. The number of amides is 1. The van der Waals surface area contributed by atoms with E-state index in [1.807, 2.05) is 0 Å². The van der Waals surface area contributed by atoms with Gasteiger partial charge in [0.1, 0.15) is 12.3 Å². The van der Waals surface area contributed by atoms with Gasteiger partial charge >= 0.3 is 11.9 Å². The molecule has 7 nitrogen and oxygen atoms in total. The van der Waals surface area contributed by atoms with Gasteiger partial charge < -0.3 is 20.3 Å². The van der Waals surface area contributed by atoms with E-state index >= 15 is 0 Å². The van der Waals surface area contributed by atoms with Gasteiger partial charge in [0.25, 0.3) is 0 Å². The number of hydrogen-bond donors (Lipinski definition) is 3. The van der Waals surface area contributed by atoms with E-state index in [1.165, 1.54) is 12.1 Å². The minimum Gasteiger partial charge on any atom is -0.494 e. The molecule has 1 amide bonds. The molecule has 0 aliphatic heterocycles. The van der Waals surface area contributed by atoms with Crippen LogP contribution in [-0.2, 0) is 9.59 Å². The van der Waals surface area contributed by atoms with Crippen LogP contribution < -0.4 is 10.1 Å². The molecule has 1 aromatic carbocycles. The van der Waals surface area contributed by atoms with E-state index in [2.05, 4.69) is 5.32 Å². The molecular formula is C19H27NO6. The second-order valence-electron chi connectivity index (χ2n) is 6.07. The number of carboxylic acid groups (broad SMARTS) is 2. The van der Waals surface area contributed by atoms with E-state index in [0.717, 1.165) is 44.9 Å². The Balaban J connectivity index is 1.92. The van der Waals surface area contributed by atoms with Gasteiger partial charge in [-0.3, -0.25) is 9.59 Å². The van der Waals surface area contributed by atoms with Gasteiger partial charge in [0, 0.05) is 6.42 Å². The molecule has 0 aromatic heterocycles. The van der Waals surface area contributed by atoms with Crippen molar-refractivity contribution >= 4 is 17.8 Å². The van der Waals surface area contributed by atoms with Crippen LogP contribution >= 0.6 is 0 Å². The number of carbonyl (C=O) groups excluding carboxylic acids is 1. The third kappa shape index (κ3) is 10.3. The topological polar surface area (TPSA) is 113 Å². The molecule has 3 N–H and O–H groups in total. The maximum Gasteiger partial charge on any atom is 0.335 e. The predicted molar refractivity (Wildman–Crippen MR) is 96.5 cm³/mol. The highest BCUT2D eigenvalue weighted by Crippen LogP contribution is 2.13. The van der Waals surface area contributed by atoms with Crippen LogP contribution in [0.1, 0.15) is 61.7 Å². The summed E-state index contributed by atoms with van der Waals surface area (Å²) in [6, 6.07) is 6.38. The average Bonchev–Trinajstić information content (AvgIpc) is 2.61. The lowest BCUT2D eigenvalue weighted by molar-refractivity contribution is -0.137. The van der Waals surface area contributed by atoms with Crippen molar-refractivity contribution in [2.24, 2.45) is 0 Å². The minimum absolute atomic E-state index is 0.207. The Morgan fingerprint density at radius 3 is 2.00 bits per heavy atom. The van der Waals surface area contributed by atoms with Gasteiger partial charge in [-0.25, -0.2) is 4.79 Å². The van der Waals surface area contributed by atoms with Gasteiger partial charge in [-0.1, -0.05) is 32.1 Å². The second kappa shape index (κ2) is 12.7. The maximum atomic E-state index is 11.3. The number of aromatic carboxylic acids is 1. The largest absolute Gasteiger partial charge is 0.494 e. The lowest BCUT2D eigenvalue weighted by Gasteiger charge is -2.06. The number of rotatable bonds is 14. The molecule has 0 saturated carbocycles. The fourth-order valence-electron chi connectivity index (χ4n) is 2.42. The van der Waals surface area contributed by atoms with Crippen molar-refractivity contribution < 1.29 is 29.3 Å². The van der Waals surface area contributed by atoms with Crippen molar-refractivity contribution in [3.63, 3.8) is 0 Å². The molecule has 0 aliphatic carbocycles. The Labute approximate surface area is 153 Å². The molecule has 0 atom stereocenters. The fraction of sp³-hybridized carbons (Fsp3) is 0.526. The third-order valence-corrected chi connectivity index (χ3v) is 3.85. The van der Waals surface area contributed by atoms with E-state index in [1.54, 1.807) is 12.1 Å². The molecule has 0 saturated heterocycles. The van der Waals surface area contributed by atoms with E-state index < -0.39 is 11.9 Å². The molecule has 1 aromatic rings. The van der Waals surface area contributed by atoms with Crippen molar-refractivity contribution in [2.75, 3.05) is 13.2 Å². The molecule has 1 rings (SSSR count). The van der Waals surface area contributed by atoms with Crippen LogP contribution in [0.3, 0.4) is 0 Å². The standard InChI is InChI=1S/C19H27NO6/c21-17(20-14-18(22)23)8-6-4-2-1-3-5-7-13-26-16-11-9-15(10-12-16)19(24)25/h9-12H,1-8,13-14H2,(H,20,21)(H,22,23)(H,24,25). The predicted octanol–water partition coefficient (Wildman–Crippen LogP) is 3.09. The van der Waals surface area contributed by atoms with Crippen LogP contribution in [0.2, 0.25) is 0 Å². The summed E-state index contributed by atoms with van der Waals surface area (Å²) in [5.74, 6) is -1.51. The normalized spacial score (nSPS) is 10.3. The smallest absolute Gasteiger partial charge is 0.335 e. The van der Waals surface area contributed by atoms with Crippen LogP contribution in [-0.4, -0.2) is 41.2 Å². The zero-order chi connectivity index (χ0) is 19.2. The van der Waals surface area contributed by atoms with Gasteiger partial charge in [-0.05, 0) is 37.1 Å². The lowest BCUT2D eigenvalue weighted by Crippen LogP contribution is -2.28. The number of nitrogens with one attached hydrogen (secondary N) is 1. The molecule has 0 spiro atoms. The number of unbranched alkanes of at least 4 members (excludes halogenated alkanes) is 6. The van der Waals surface area contributed by atoms with Crippen LogP contribution in [0.25, 0.3) is 0 Å². The Morgan fingerprint density at radius 2 is 1.42 bits per heavy atom. The van der Waals surface area contributed by atoms with E-state index in [4.69, 9.17) is 14.9 Å². The van der Waals surface area contributed by atoms with Crippen molar-refractivity contribution in [1.29, 1.82) is 0 Å². The first-order valence-corrected chi connectivity index (χ1v) is 8.93. The molecular weight excluding hydrogens is 338 g/mol. The number of ether oxygens (including phenoxy) is 1. The van der Waals surface area contributed by atoms with Crippen molar-refractivity contribution in [1.82, 2.24) is 5.32 Å². The summed E-state index contributed by atoms with van der Waals surface area (Å²) in [4.78, 5) is 32.4. The summed E-state index contributed by atoms with van der Waals surface area (Å²) in [6.07, 6.45) is 7.39. The van der Waals surface area contributed by atoms with Gasteiger partial charge in [-0.15, -0.1) is 0 Å². The zero-order valence-corrected chi connectivity index (χ0v) is 14.9. The summed E-state index contributed by atoms with van der Waals surface area (Å²) >= 11 is 0. The first kappa shape index (κ1) is 21.5. The van der Waals surface area contributed by atoms with E-state index in [-0.39, 0.29) is 18.0 Å². The molecule has 0 radical (unpaired) electrons. The van der Waals surface area contributed by atoms with Crippen LogP contribution in [0.5, 0.6) is 5.75 Å². The highest BCUT2D eigenvalue weighted by atomic mass is 16.5. The number of carbonyl (C=O) groups is 3. The average molecular weight is 365 g/mol. The first-order chi connectivity index (χ1) is 12.5. The third-order valence-electron chi connectivity index (χ3n) is 3.85. The highest BCUT2D eigenvalue weighted by molar-refractivity contribution is 5.87. The molecule has 0 heterocycles. The van der Waals surface area contributed by atoms with Crippen molar-refractivity contribution in [3.05, 3.63) is 29.8 Å². The maximum absolute atomic E-state index is 11.3. The van der Waals surface area contributed by atoms with E-state index in [9.17, 15) is 14.4 Å². The van der Waals surface area contributed by atoms with Gasteiger partial charge in [-0.2, -0.15) is 0 Å². The summed E-state index contributed by atoms with van der Waals surface area (Å²) in [5.41, 5.74) is 0.247. The highest BCUT2D eigenvalue weighted by Gasteiger charge is 2.03. The van der Waals surface area contributed by atoms with E-state index in [0.29, 0.717) is 18.8 Å². The molecule has 0 unspecified atom stereocenters. The summed E-state index contributed by atoms with van der Waals surface area (Å²) in [7, 11) is 0. The molecule has 7 heteroatoms. The zero-order valence-electron chi connectivity index (χ0n) is 14.9. The lowest BCUT2D eigenvalue weighted by atomic mass is 10.1. The SMILES string of the molecule is O=C(O)CNC(=O)CCCCCCCCCOc1ccc(C(=O)O)cc1. The first-order valence-electron chi connectivity index (χ1n) is 8.93. The Bertz CT molecular complexity index is 570.